The Labute approximate surface area is 278 Å². The maximum Gasteiger partial charge on any atom is 0.160 e. The second-order valence-electron chi connectivity index (χ2n) is 11.9. The van der Waals surface area contributed by atoms with Gasteiger partial charge in [-0.2, -0.15) is 0 Å². The lowest BCUT2D eigenvalue weighted by Gasteiger charge is -2.14. The number of para-hydroxylation sites is 1. The monoisotopic (exact) mass is 612 g/mol. The third-order valence-electron chi connectivity index (χ3n) is 8.88. The van der Waals surface area contributed by atoms with Gasteiger partial charge in [-0.15, -0.1) is 0 Å². The molecule has 4 nitrogen and oxygen atoms in total. The van der Waals surface area contributed by atoms with Crippen molar-refractivity contribution in [1.29, 1.82) is 0 Å². The molecule has 3 aromatic heterocycles. The van der Waals surface area contributed by atoms with E-state index in [4.69, 9.17) is 19.9 Å². The van der Waals surface area contributed by atoms with Crippen LogP contribution in [0.5, 0.6) is 0 Å². The maximum atomic E-state index is 5.19. The van der Waals surface area contributed by atoms with Crippen molar-refractivity contribution in [2.45, 2.75) is 0 Å². The minimum Gasteiger partial charge on any atom is -0.245 e. The van der Waals surface area contributed by atoms with Gasteiger partial charge in [-0.05, 0) is 23.8 Å². The van der Waals surface area contributed by atoms with Crippen LogP contribution in [0.15, 0.2) is 170 Å². The second kappa shape index (κ2) is 11.7. The molecule has 0 aliphatic heterocycles. The predicted molar refractivity (Wildman–Crippen MR) is 197 cm³/mol. The molecule has 0 spiro atoms. The standard InChI is InChI=1S/C44H28N4/c1-4-12-29(13-5-1)37-27-25-33-24-26-36-41(35-18-10-11-19-38(35)46-43(36)42(33)45-37)32-22-20-31(21-23-32)40-28-39(30-14-6-2-7-15-30)47-44(48-40)34-16-8-3-9-17-34/h1-28H. The molecule has 0 atom stereocenters. The van der Waals surface area contributed by atoms with Gasteiger partial charge >= 0.3 is 0 Å². The average Bonchev–Trinajstić information content (AvgIpc) is 3.17. The van der Waals surface area contributed by atoms with Gasteiger partial charge in [0.05, 0.1) is 33.6 Å². The van der Waals surface area contributed by atoms with E-state index >= 15 is 0 Å². The zero-order valence-electron chi connectivity index (χ0n) is 26.0. The molecule has 0 unspecified atom stereocenters. The highest BCUT2D eigenvalue weighted by Gasteiger charge is 2.16. The van der Waals surface area contributed by atoms with E-state index in [0.717, 1.165) is 83.2 Å². The molecule has 9 aromatic rings. The number of rotatable bonds is 5. The van der Waals surface area contributed by atoms with Gasteiger partial charge in [0.15, 0.2) is 5.82 Å². The van der Waals surface area contributed by atoms with Crippen LogP contribution in [-0.2, 0) is 0 Å². The maximum absolute atomic E-state index is 5.19. The van der Waals surface area contributed by atoms with Gasteiger partial charge in [-0.25, -0.2) is 19.9 Å². The largest absolute Gasteiger partial charge is 0.245 e. The SMILES string of the molecule is c1ccc(-c2cc(-c3ccc(-c4c5ccccc5nc5c4ccc4ccc(-c6ccccc6)nc45)cc3)nc(-c3ccccc3)n2)cc1. The lowest BCUT2D eigenvalue weighted by atomic mass is 9.94. The number of hydrogen-bond acceptors (Lipinski definition) is 4. The Kier molecular flexibility index (Phi) is 6.76. The minimum atomic E-state index is 0.705. The van der Waals surface area contributed by atoms with E-state index < -0.39 is 0 Å². The van der Waals surface area contributed by atoms with Crippen molar-refractivity contribution in [1.82, 2.24) is 19.9 Å². The molecule has 0 bridgehead atoms. The lowest BCUT2D eigenvalue weighted by molar-refractivity contribution is 1.18. The van der Waals surface area contributed by atoms with Gasteiger partial charge in [0.1, 0.15) is 0 Å². The Bertz CT molecular complexity index is 2520. The van der Waals surface area contributed by atoms with Crippen LogP contribution in [0.4, 0.5) is 0 Å². The van der Waals surface area contributed by atoms with E-state index in [1.54, 1.807) is 0 Å². The van der Waals surface area contributed by atoms with Crippen molar-refractivity contribution < 1.29 is 0 Å². The highest BCUT2D eigenvalue weighted by atomic mass is 14.9. The van der Waals surface area contributed by atoms with Crippen molar-refractivity contribution >= 4 is 32.7 Å². The molecule has 0 saturated heterocycles. The summed E-state index contributed by atoms with van der Waals surface area (Å²) in [5.74, 6) is 0.705. The van der Waals surface area contributed by atoms with E-state index in [0.29, 0.717) is 5.82 Å². The molecule has 0 N–H and O–H groups in total. The molecule has 3 heterocycles. The van der Waals surface area contributed by atoms with E-state index in [-0.39, 0.29) is 0 Å². The molecule has 0 radical (unpaired) electrons. The highest BCUT2D eigenvalue weighted by molar-refractivity contribution is 6.16. The molecule has 0 aliphatic carbocycles. The Morgan fingerprint density at radius 1 is 0.312 bits per heavy atom. The summed E-state index contributed by atoms with van der Waals surface area (Å²) in [7, 11) is 0. The smallest absolute Gasteiger partial charge is 0.160 e. The van der Waals surface area contributed by atoms with Crippen molar-refractivity contribution in [2.24, 2.45) is 0 Å². The third kappa shape index (κ3) is 4.97. The molecule has 0 fully saturated rings. The molecule has 4 heteroatoms. The Balaban J connectivity index is 1.21. The summed E-state index contributed by atoms with van der Waals surface area (Å²) >= 11 is 0. The van der Waals surface area contributed by atoms with Gasteiger partial charge < -0.3 is 0 Å². The van der Waals surface area contributed by atoms with Crippen LogP contribution in [0.2, 0.25) is 0 Å². The third-order valence-corrected chi connectivity index (χ3v) is 8.88. The second-order valence-corrected chi connectivity index (χ2v) is 11.9. The fraction of sp³-hybridized carbons (Fsp3) is 0. The Morgan fingerprint density at radius 3 is 1.54 bits per heavy atom. The van der Waals surface area contributed by atoms with Gasteiger partial charge in [0.2, 0.25) is 0 Å². The van der Waals surface area contributed by atoms with E-state index in [2.05, 4.69) is 109 Å². The van der Waals surface area contributed by atoms with Crippen LogP contribution in [0.1, 0.15) is 0 Å². The highest BCUT2D eigenvalue weighted by Crippen LogP contribution is 2.38. The summed E-state index contributed by atoms with van der Waals surface area (Å²) in [6.45, 7) is 0. The van der Waals surface area contributed by atoms with Crippen LogP contribution in [0.25, 0.3) is 89.0 Å². The first kappa shape index (κ1) is 27.8. The van der Waals surface area contributed by atoms with E-state index in [9.17, 15) is 0 Å². The van der Waals surface area contributed by atoms with Crippen molar-refractivity contribution in [3.63, 3.8) is 0 Å². The zero-order chi connectivity index (χ0) is 31.9. The zero-order valence-corrected chi connectivity index (χ0v) is 26.0. The molecule has 224 valence electrons. The number of benzene rings is 6. The number of fused-ring (bicyclic) bond motifs is 4. The Hall–Kier alpha value is -6.52. The average molecular weight is 613 g/mol. The molecular weight excluding hydrogens is 585 g/mol. The van der Waals surface area contributed by atoms with E-state index in [1.165, 1.54) is 0 Å². The van der Waals surface area contributed by atoms with Crippen LogP contribution >= 0.6 is 0 Å². The van der Waals surface area contributed by atoms with Crippen molar-refractivity contribution in [2.75, 3.05) is 0 Å². The minimum absolute atomic E-state index is 0.705. The summed E-state index contributed by atoms with van der Waals surface area (Å²) in [6, 6.07) is 58.5. The van der Waals surface area contributed by atoms with Gasteiger partial charge in [0, 0.05) is 44.0 Å². The number of aromatic nitrogens is 4. The topological polar surface area (TPSA) is 51.6 Å². The lowest BCUT2D eigenvalue weighted by Crippen LogP contribution is -1.96. The summed E-state index contributed by atoms with van der Waals surface area (Å²) in [5, 5.41) is 3.25. The van der Waals surface area contributed by atoms with Gasteiger partial charge in [-0.1, -0.05) is 152 Å². The fourth-order valence-electron chi connectivity index (χ4n) is 6.49. The van der Waals surface area contributed by atoms with Crippen molar-refractivity contribution in [3.05, 3.63) is 170 Å². The number of hydrogen-bond donors (Lipinski definition) is 0. The first-order valence-corrected chi connectivity index (χ1v) is 16.1. The fourth-order valence-corrected chi connectivity index (χ4v) is 6.49. The van der Waals surface area contributed by atoms with Gasteiger partial charge in [-0.3, -0.25) is 0 Å². The first-order valence-electron chi connectivity index (χ1n) is 16.1. The summed E-state index contributed by atoms with van der Waals surface area (Å²) in [6.07, 6.45) is 0. The van der Waals surface area contributed by atoms with Crippen LogP contribution in [-0.4, -0.2) is 19.9 Å². The van der Waals surface area contributed by atoms with Crippen LogP contribution < -0.4 is 0 Å². The predicted octanol–water partition coefficient (Wildman–Crippen LogP) is 11.1. The van der Waals surface area contributed by atoms with Crippen molar-refractivity contribution in [3.8, 4) is 56.3 Å². The Morgan fingerprint density at radius 2 is 0.854 bits per heavy atom. The van der Waals surface area contributed by atoms with Crippen LogP contribution in [0.3, 0.4) is 0 Å². The van der Waals surface area contributed by atoms with E-state index in [1.807, 2.05) is 60.7 Å². The molecule has 0 saturated carbocycles. The molecule has 48 heavy (non-hydrogen) atoms. The summed E-state index contributed by atoms with van der Waals surface area (Å²) in [5.41, 5.74) is 11.9. The summed E-state index contributed by atoms with van der Waals surface area (Å²) < 4.78 is 0. The molecule has 0 aliphatic rings. The van der Waals surface area contributed by atoms with Crippen LogP contribution in [0, 0.1) is 0 Å². The molecule has 9 rings (SSSR count). The van der Waals surface area contributed by atoms with Gasteiger partial charge in [0.25, 0.3) is 0 Å². The first-order chi connectivity index (χ1) is 23.8. The molecule has 0 amide bonds. The normalized spacial score (nSPS) is 11.3. The molecule has 6 aromatic carbocycles. The quantitative estimate of drug-likeness (QED) is 0.143. The number of pyridine rings is 2. The number of nitrogens with zero attached hydrogens (tertiary/aromatic N) is 4. The molecular formula is C44H28N4. The summed E-state index contributed by atoms with van der Waals surface area (Å²) in [4.78, 5) is 20.3.